The lowest BCUT2D eigenvalue weighted by molar-refractivity contribution is 0.296. The summed E-state index contributed by atoms with van der Waals surface area (Å²) in [5.74, 6) is 3.23. The van der Waals surface area contributed by atoms with E-state index in [9.17, 15) is 0 Å². The molecule has 0 spiro atoms. The van der Waals surface area contributed by atoms with E-state index in [1.165, 1.54) is 18.4 Å². The fraction of sp³-hybridized carbons (Fsp3) is 0.381. The minimum Gasteiger partial charge on any atom is -0.493 e. The van der Waals surface area contributed by atoms with E-state index >= 15 is 0 Å². The quantitative estimate of drug-likeness (QED) is 0.488. The predicted molar refractivity (Wildman–Crippen MR) is 109 cm³/mol. The summed E-state index contributed by atoms with van der Waals surface area (Å²) in [6.07, 6.45) is 4.53. The number of ether oxygens (including phenoxy) is 1. The molecule has 1 fully saturated rings. The highest BCUT2D eigenvalue weighted by molar-refractivity contribution is 5.79. The number of rotatable bonds is 7. The summed E-state index contributed by atoms with van der Waals surface area (Å²) in [6.45, 7) is 4.07. The van der Waals surface area contributed by atoms with E-state index in [-0.39, 0.29) is 0 Å². The van der Waals surface area contributed by atoms with Crippen LogP contribution in [-0.4, -0.2) is 34.2 Å². The number of aliphatic imine (C=N–C) groups is 1. The maximum Gasteiger partial charge on any atom is 0.191 e. The van der Waals surface area contributed by atoms with Gasteiger partial charge in [-0.1, -0.05) is 18.2 Å². The van der Waals surface area contributed by atoms with Crippen LogP contribution in [0.15, 0.2) is 47.6 Å². The fourth-order valence-corrected chi connectivity index (χ4v) is 3.01. The molecule has 1 saturated carbocycles. The second-order valence-electron chi connectivity index (χ2n) is 7.19. The van der Waals surface area contributed by atoms with Crippen LogP contribution >= 0.6 is 0 Å². The standard InChI is InChI=1S/C21H26N6O/c1-15-6-9-17(18(11-15)28-14-16-7-8-16)12-23-21(22-2)24-13-20-26-25-19-5-3-4-10-27(19)20/h3-6,9-11,16H,7-8,12-14H2,1-2H3,(H2,22,23,24). The summed E-state index contributed by atoms with van der Waals surface area (Å²) in [7, 11) is 1.76. The van der Waals surface area contributed by atoms with Gasteiger partial charge in [0.2, 0.25) is 0 Å². The van der Waals surface area contributed by atoms with Gasteiger partial charge in [-0.2, -0.15) is 0 Å². The zero-order valence-corrected chi connectivity index (χ0v) is 16.4. The number of aromatic nitrogens is 3. The number of hydrogen-bond acceptors (Lipinski definition) is 4. The monoisotopic (exact) mass is 378 g/mol. The van der Waals surface area contributed by atoms with Gasteiger partial charge in [0.15, 0.2) is 17.4 Å². The number of nitrogens with one attached hydrogen (secondary N) is 2. The predicted octanol–water partition coefficient (Wildman–Crippen LogP) is 2.69. The van der Waals surface area contributed by atoms with Crippen LogP contribution in [0.2, 0.25) is 0 Å². The van der Waals surface area contributed by atoms with E-state index in [4.69, 9.17) is 4.74 Å². The van der Waals surface area contributed by atoms with Gasteiger partial charge in [0.25, 0.3) is 0 Å². The number of guanidine groups is 1. The van der Waals surface area contributed by atoms with Crippen molar-refractivity contribution in [2.45, 2.75) is 32.9 Å². The third-order valence-electron chi connectivity index (χ3n) is 4.86. The molecule has 0 aliphatic heterocycles. The Balaban J connectivity index is 1.36. The largest absolute Gasteiger partial charge is 0.493 e. The van der Waals surface area contributed by atoms with Crippen LogP contribution in [0.5, 0.6) is 5.75 Å². The van der Waals surface area contributed by atoms with Gasteiger partial charge in [0.1, 0.15) is 5.75 Å². The summed E-state index contributed by atoms with van der Waals surface area (Å²) in [5.41, 5.74) is 3.16. The molecule has 0 atom stereocenters. The van der Waals surface area contributed by atoms with Crippen molar-refractivity contribution < 1.29 is 4.74 Å². The van der Waals surface area contributed by atoms with Crippen molar-refractivity contribution in [3.8, 4) is 5.75 Å². The molecule has 7 heteroatoms. The topological polar surface area (TPSA) is 75.8 Å². The molecule has 3 aromatic rings. The SMILES string of the molecule is CN=C(NCc1ccc(C)cc1OCC1CC1)NCc1nnc2ccccn12. The molecule has 4 rings (SSSR count). The van der Waals surface area contributed by atoms with Crippen LogP contribution in [0.1, 0.15) is 29.8 Å². The molecule has 1 aliphatic rings. The molecule has 0 radical (unpaired) electrons. The van der Waals surface area contributed by atoms with E-state index in [2.05, 4.69) is 50.9 Å². The number of benzene rings is 1. The van der Waals surface area contributed by atoms with Gasteiger partial charge < -0.3 is 15.4 Å². The molecule has 7 nitrogen and oxygen atoms in total. The van der Waals surface area contributed by atoms with Crippen molar-refractivity contribution in [1.29, 1.82) is 0 Å². The molecule has 0 bridgehead atoms. The van der Waals surface area contributed by atoms with Gasteiger partial charge in [-0.25, -0.2) is 0 Å². The summed E-state index contributed by atoms with van der Waals surface area (Å²) in [6, 6.07) is 12.2. The molecule has 0 amide bonds. The van der Waals surface area contributed by atoms with E-state index < -0.39 is 0 Å². The van der Waals surface area contributed by atoms with Gasteiger partial charge in [-0.05, 0) is 49.4 Å². The molecule has 2 N–H and O–H groups in total. The Hall–Kier alpha value is -3.09. The second kappa shape index (κ2) is 8.29. The van der Waals surface area contributed by atoms with Crippen molar-refractivity contribution in [2.75, 3.05) is 13.7 Å². The first-order valence-corrected chi connectivity index (χ1v) is 9.68. The minimum absolute atomic E-state index is 0.532. The smallest absolute Gasteiger partial charge is 0.191 e. The Morgan fingerprint density at radius 2 is 2.04 bits per heavy atom. The van der Waals surface area contributed by atoms with E-state index in [1.54, 1.807) is 7.05 Å². The van der Waals surface area contributed by atoms with Crippen molar-refractivity contribution in [3.05, 3.63) is 59.5 Å². The first kappa shape index (κ1) is 18.3. The Bertz CT molecular complexity index is 976. The first-order valence-electron chi connectivity index (χ1n) is 9.68. The molecule has 28 heavy (non-hydrogen) atoms. The van der Waals surface area contributed by atoms with Gasteiger partial charge in [-0.15, -0.1) is 10.2 Å². The molecule has 0 saturated heterocycles. The third-order valence-corrected chi connectivity index (χ3v) is 4.86. The van der Waals surface area contributed by atoms with Gasteiger partial charge in [-0.3, -0.25) is 9.39 Å². The number of pyridine rings is 1. The minimum atomic E-state index is 0.532. The number of hydrogen-bond donors (Lipinski definition) is 2. The lowest BCUT2D eigenvalue weighted by atomic mass is 10.1. The summed E-state index contributed by atoms with van der Waals surface area (Å²) in [5, 5.41) is 15.1. The van der Waals surface area contributed by atoms with Crippen molar-refractivity contribution >= 4 is 11.6 Å². The van der Waals surface area contributed by atoms with Crippen molar-refractivity contribution in [2.24, 2.45) is 10.9 Å². The highest BCUT2D eigenvalue weighted by atomic mass is 16.5. The van der Waals surface area contributed by atoms with E-state index in [1.807, 2.05) is 28.8 Å². The molecule has 0 unspecified atom stereocenters. The maximum absolute atomic E-state index is 6.05. The third kappa shape index (κ3) is 4.42. The van der Waals surface area contributed by atoms with E-state index in [0.29, 0.717) is 19.0 Å². The zero-order valence-electron chi connectivity index (χ0n) is 16.4. The molecular weight excluding hydrogens is 352 g/mol. The molecular formula is C21H26N6O. The maximum atomic E-state index is 6.05. The average Bonchev–Trinajstić information content (AvgIpc) is 3.46. The van der Waals surface area contributed by atoms with Crippen molar-refractivity contribution in [3.63, 3.8) is 0 Å². The van der Waals surface area contributed by atoms with Crippen LogP contribution in [0.3, 0.4) is 0 Å². The molecule has 1 aromatic carbocycles. The van der Waals surface area contributed by atoms with Crippen LogP contribution in [0, 0.1) is 12.8 Å². The molecule has 2 heterocycles. The van der Waals surface area contributed by atoms with Gasteiger partial charge >= 0.3 is 0 Å². The first-order chi connectivity index (χ1) is 13.7. The number of fused-ring (bicyclic) bond motifs is 1. The Morgan fingerprint density at radius 1 is 1.18 bits per heavy atom. The lowest BCUT2D eigenvalue weighted by Crippen LogP contribution is -2.36. The summed E-state index contributed by atoms with van der Waals surface area (Å²) >= 11 is 0. The zero-order chi connectivity index (χ0) is 19.3. The second-order valence-corrected chi connectivity index (χ2v) is 7.19. The summed E-state index contributed by atoms with van der Waals surface area (Å²) < 4.78 is 8.02. The number of nitrogens with zero attached hydrogens (tertiary/aromatic N) is 4. The molecule has 146 valence electrons. The van der Waals surface area contributed by atoms with E-state index in [0.717, 1.165) is 35.3 Å². The number of aryl methyl sites for hydroxylation is 1. The van der Waals surface area contributed by atoms with Gasteiger partial charge in [0.05, 0.1) is 13.2 Å². The van der Waals surface area contributed by atoms with Crippen molar-refractivity contribution in [1.82, 2.24) is 25.2 Å². The lowest BCUT2D eigenvalue weighted by Gasteiger charge is -2.15. The fourth-order valence-electron chi connectivity index (χ4n) is 3.01. The van der Waals surface area contributed by atoms with Crippen LogP contribution in [-0.2, 0) is 13.1 Å². The molecule has 1 aliphatic carbocycles. The molecule has 2 aromatic heterocycles. The Kier molecular flexibility index (Phi) is 5.41. The van der Waals surface area contributed by atoms with Crippen LogP contribution < -0.4 is 15.4 Å². The summed E-state index contributed by atoms with van der Waals surface area (Å²) in [4.78, 5) is 4.31. The average molecular weight is 378 g/mol. The highest BCUT2D eigenvalue weighted by Crippen LogP contribution is 2.30. The normalized spacial score (nSPS) is 14.3. The highest BCUT2D eigenvalue weighted by Gasteiger charge is 2.22. The van der Waals surface area contributed by atoms with Crippen LogP contribution in [0.25, 0.3) is 5.65 Å². The Labute approximate surface area is 164 Å². The Morgan fingerprint density at radius 3 is 2.86 bits per heavy atom. The van der Waals surface area contributed by atoms with Crippen LogP contribution in [0.4, 0.5) is 0 Å². The van der Waals surface area contributed by atoms with Gasteiger partial charge in [0, 0.05) is 25.4 Å².